The van der Waals surface area contributed by atoms with E-state index in [1.165, 1.54) is 59.0 Å². The zero-order chi connectivity index (χ0) is 28.3. The molecule has 1 heterocycles. The standard InChI is InChI=1S/C29H29NO8S/c1-33-21-14-19-20(15-22(21)34-2)28(31)30(17-9-8-10-18(13-17)39-7)26(29(32)38-6)25(19)16-11-23(35-3)27(37-5)24(12-16)36-4/h8-15H,1-7H3. The number of carbonyl (C=O) groups excluding carboxylic acids is 1. The average molecular weight is 552 g/mol. The molecule has 0 aliphatic rings. The SMILES string of the molecule is COC(=O)c1c(-c2cc(OC)c(OC)c(OC)c2)c2cc(OC)c(OC)cc2c(=O)n1-c1cccc(SC)c1. The number of fused-ring (bicyclic) bond motifs is 1. The van der Waals surface area contributed by atoms with Crippen LogP contribution in [0.4, 0.5) is 0 Å². The summed E-state index contributed by atoms with van der Waals surface area (Å²) in [4.78, 5) is 28.6. The summed E-state index contributed by atoms with van der Waals surface area (Å²) < 4.78 is 34.3. The summed E-state index contributed by atoms with van der Waals surface area (Å²) in [6.45, 7) is 0. The van der Waals surface area contributed by atoms with Gasteiger partial charge in [0.05, 0.1) is 53.7 Å². The van der Waals surface area contributed by atoms with E-state index in [1.807, 2.05) is 24.5 Å². The van der Waals surface area contributed by atoms with Gasteiger partial charge in [-0.2, -0.15) is 0 Å². The van der Waals surface area contributed by atoms with Gasteiger partial charge in [0, 0.05) is 15.8 Å². The molecule has 0 N–H and O–H groups in total. The van der Waals surface area contributed by atoms with Crippen LogP contribution in [0.3, 0.4) is 0 Å². The lowest BCUT2D eigenvalue weighted by Crippen LogP contribution is -2.27. The second-order valence-corrected chi connectivity index (χ2v) is 9.10. The topological polar surface area (TPSA) is 94.5 Å². The van der Waals surface area contributed by atoms with Crippen molar-refractivity contribution in [3.8, 4) is 45.6 Å². The van der Waals surface area contributed by atoms with Crippen molar-refractivity contribution in [2.45, 2.75) is 4.90 Å². The minimum Gasteiger partial charge on any atom is -0.493 e. The van der Waals surface area contributed by atoms with Crippen LogP contribution >= 0.6 is 11.8 Å². The maximum absolute atomic E-state index is 14.2. The molecular formula is C29H29NO8S. The molecule has 0 bridgehead atoms. The Bertz CT molecular complexity index is 1590. The molecule has 4 aromatic rings. The Balaban J connectivity index is 2.30. The first-order chi connectivity index (χ1) is 18.9. The first-order valence-electron chi connectivity index (χ1n) is 11.7. The van der Waals surface area contributed by atoms with Gasteiger partial charge in [0.15, 0.2) is 23.0 Å². The normalized spacial score (nSPS) is 10.7. The lowest BCUT2D eigenvalue weighted by atomic mass is 9.95. The van der Waals surface area contributed by atoms with Crippen LogP contribution in [0.15, 0.2) is 58.2 Å². The highest BCUT2D eigenvalue weighted by molar-refractivity contribution is 7.98. The fourth-order valence-electron chi connectivity index (χ4n) is 4.53. The molecule has 1 aromatic heterocycles. The summed E-state index contributed by atoms with van der Waals surface area (Å²) in [5.74, 6) is 1.18. The molecule has 0 saturated carbocycles. The zero-order valence-corrected chi connectivity index (χ0v) is 23.6. The second kappa shape index (κ2) is 11.6. The van der Waals surface area contributed by atoms with Gasteiger partial charge >= 0.3 is 5.97 Å². The van der Waals surface area contributed by atoms with Crippen LogP contribution in [-0.4, -0.2) is 59.5 Å². The van der Waals surface area contributed by atoms with Gasteiger partial charge in [-0.15, -0.1) is 11.8 Å². The van der Waals surface area contributed by atoms with E-state index in [2.05, 4.69) is 0 Å². The molecule has 0 aliphatic carbocycles. The summed E-state index contributed by atoms with van der Waals surface area (Å²) in [7, 11) is 8.77. The fourth-order valence-corrected chi connectivity index (χ4v) is 4.98. The molecule has 9 nitrogen and oxygen atoms in total. The fraction of sp³-hybridized carbons (Fsp3) is 0.241. The number of methoxy groups -OCH3 is 6. The summed E-state index contributed by atoms with van der Waals surface area (Å²) in [6, 6.07) is 14.1. The van der Waals surface area contributed by atoms with Crippen molar-refractivity contribution in [3.05, 3.63) is 64.6 Å². The van der Waals surface area contributed by atoms with Gasteiger partial charge in [-0.1, -0.05) is 6.07 Å². The lowest BCUT2D eigenvalue weighted by molar-refractivity contribution is 0.0591. The molecule has 10 heteroatoms. The van der Waals surface area contributed by atoms with Gasteiger partial charge in [0.25, 0.3) is 5.56 Å². The van der Waals surface area contributed by atoms with Crippen LogP contribution in [-0.2, 0) is 4.74 Å². The Hall–Kier alpha value is -4.31. The number of esters is 1. The van der Waals surface area contributed by atoms with Crippen LogP contribution in [0.2, 0.25) is 0 Å². The molecule has 4 rings (SSSR count). The monoisotopic (exact) mass is 551 g/mol. The third-order valence-corrected chi connectivity index (χ3v) is 7.06. The Kier molecular flexibility index (Phi) is 8.25. The summed E-state index contributed by atoms with van der Waals surface area (Å²) in [5, 5.41) is 0.753. The number of aromatic nitrogens is 1. The minimum atomic E-state index is -0.706. The molecule has 0 radical (unpaired) electrons. The molecule has 0 aliphatic heterocycles. The van der Waals surface area contributed by atoms with E-state index in [0.717, 1.165) is 4.90 Å². The van der Waals surface area contributed by atoms with Crippen molar-refractivity contribution in [3.63, 3.8) is 0 Å². The first kappa shape index (κ1) is 27.7. The van der Waals surface area contributed by atoms with Crippen molar-refractivity contribution in [2.24, 2.45) is 0 Å². The van der Waals surface area contributed by atoms with Gasteiger partial charge < -0.3 is 28.4 Å². The van der Waals surface area contributed by atoms with Crippen molar-refractivity contribution in [1.82, 2.24) is 4.57 Å². The second-order valence-electron chi connectivity index (χ2n) is 8.22. The predicted molar refractivity (Wildman–Crippen MR) is 151 cm³/mol. The molecule has 39 heavy (non-hydrogen) atoms. The Labute approximate surface area is 230 Å². The van der Waals surface area contributed by atoms with Crippen LogP contribution in [0.25, 0.3) is 27.6 Å². The van der Waals surface area contributed by atoms with E-state index in [0.29, 0.717) is 56.3 Å². The van der Waals surface area contributed by atoms with E-state index in [-0.39, 0.29) is 5.69 Å². The molecule has 0 fully saturated rings. The van der Waals surface area contributed by atoms with Crippen molar-refractivity contribution in [1.29, 1.82) is 0 Å². The predicted octanol–water partition coefficient (Wildman–Crippen LogP) is 5.21. The maximum Gasteiger partial charge on any atom is 0.355 e. The highest BCUT2D eigenvalue weighted by Crippen LogP contribution is 2.45. The quantitative estimate of drug-likeness (QED) is 0.205. The smallest absolute Gasteiger partial charge is 0.355 e. The van der Waals surface area contributed by atoms with Gasteiger partial charge in [-0.25, -0.2) is 4.79 Å². The third kappa shape index (κ3) is 4.83. The summed E-state index contributed by atoms with van der Waals surface area (Å²) in [6.07, 6.45) is 1.93. The van der Waals surface area contributed by atoms with Crippen molar-refractivity contribution >= 4 is 28.5 Å². The zero-order valence-electron chi connectivity index (χ0n) is 22.7. The number of benzene rings is 3. The van der Waals surface area contributed by atoms with Gasteiger partial charge in [0.1, 0.15) is 5.69 Å². The number of nitrogens with zero attached hydrogens (tertiary/aromatic N) is 1. The highest BCUT2D eigenvalue weighted by Gasteiger charge is 2.28. The Morgan fingerprint density at radius 2 is 1.33 bits per heavy atom. The van der Waals surface area contributed by atoms with Crippen LogP contribution < -0.4 is 29.2 Å². The number of thioether (sulfide) groups is 1. The molecule has 0 atom stereocenters. The number of pyridine rings is 1. The Morgan fingerprint density at radius 1 is 0.744 bits per heavy atom. The molecule has 3 aromatic carbocycles. The highest BCUT2D eigenvalue weighted by atomic mass is 32.2. The first-order valence-corrected chi connectivity index (χ1v) is 13.0. The molecule has 0 spiro atoms. The molecule has 0 amide bonds. The minimum absolute atomic E-state index is 0.0229. The van der Waals surface area contributed by atoms with E-state index in [1.54, 1.807) is 30.3 Å². The van der Waals surface area contributed by atoms with E-state index < -0.39 is 11.5 Å². The van der Waals surface area contributed by atoms with Gasteiger partial charge in [-0.05, 0) is 54.3 Å². The molecular weight excluding hydrogens is 522 g/mol. The number of hydrogen-bond acceptors (Lipinski definition) is 9. The van der Waals surface area contributed by atoms with E-state index in [9.17, 15) is 9.59 Å². The third-order valence-electron chi connectivity index (χ3n) is 6.33. The van der Waals surface area contributed by atoms with Crippen LogP contribution in [0, 0.1) is 0 Å². The summed E-state index contributed by atoms with van der Waals surface area (Å²) >= 11 is 1.52. The largest absolute Gasteiger partial charge is 0.493 e. The van der Waals surface area contributed by atoms with Gasteiger partial charge in [-0.3, -0.25) is 9.36 Å². The molecule has 204 valence electrons. The Morgan fingerprint density at radius 3 is 1.85 bits per heavy atom. The molecule has 0 saturated heterocycles. The van der Waals surface area contributed by atoms with Crippen molar-refractivity contribution in [2.75, 3.05) is 48.9 Å². The number of carbonyl (C=O) groups is 1. The average Bonchev–Trinajstić information content (AvgIpc) is 2.98. The lowest BCUT2D eigenvalue weighted by Gasteiger charge is -2.21. The molecule has 0 unspecified atom stereocenters. The van der Waals surface area contributed by atoms with Crippen LogP contribution in [0.1, 0.15) is 10.5 Å². The van der Waals surface area contributed by atoms with E-state index in [4.69, 9.17) is 28.4 Å². The number of ether oxygens (including phenoxy) is 6. The van der Waals surface area contributed by atoms with Crippen molar-refractivity contribution < 1.29 is 33.2 Å². The van der Waals surface area contributed by atoms with Crippen LogP contribution in [0.5, 0.6) is 28.7 Å². The number of hydrogen-bond donors (Lipinski definition) is 0. The number of rotatable bonds is 9. The van der Waals surface area contributed by atoms with E-state index >= 15 is 0 Å². The van der Waals surface area contributed by atoms with Gasteiger partial charge in [0.2, 0.25) is 5.75 Å². The maximum atomic E-state index is 14.2. The summed E-state index contributed by atoms with van der Waals surface area (Å²) in [5.41, 5.74) is 1.02.